The summed E-state index contributed by atoms with van der Waals surface area (Å²) in [5, 5.41) is 8.78. The summed E-state index contributed by atoms with van der Waals surface area (Å²) in [6.45, 7) is 2.68. The van der Waals surface area contributed by atoms with E-state index in [-0.39, 0.29) is 10.9 Å². The molecule has 1 aliphatic carbocycles. The summed E-state index contributed by atoms with van der Waals surface area (Å²) in [6, 6.07) is 4.90. The molecule has 0 atom stereocenters. The fourth-order valence-electron chi connectivity index (χ4n) is 2.70. The molecule has 122 valence electrons. The van der Waals surface area contributed by atoms with Crippen LogP contribution in [0, 0.1) is 6.92 Å². The number of rotatable bonds is 4. The fraction of sp³-hybridized carbons (Fsp3) is 0.467. The van der Waals surface area contributed by atoms with Crippen LogP contribution in [0.1, 0.15) is 36.1 Å². The van der Waals surface area contributed by atoms with Gasteiger partial charge in [0, 0.05) is 30.2 Å². The lowest BCUT2D eigenvalue weighted by molar-refractivity contribution is 0.189. The minimum atomic E-state index is -3.49. The Balaban J connectivity index is 1.48. The standard InChI is InChI=1S/C15H17ClN4O2S/c1-10-2-5-13(6-14(10)16)23(21,22)19-7-12(8-19)20-9-15(17-18-20)11-3-4-11/h2,5-6,9,11-12H,3-4,7-8H2,1H3. The summed E-state index contributed by atoms with van der Waals surface area (Å²) in [5.41, 5.74) is 1.89. The predicted molar refractivity (Wildman–Crippen MR) is 86.0 cm³/mol. The third-order valence-electron chi connectivity index (χ3n) is 4.51. The summed E-state index contributed by atoms with van der Waals surface area (Å²) in [4.78, 5) is 0.240. The highest BCUT2D eigenvalue weighted by Crippen LogP contribution is 2.39. The van der Waals surface area contributed by atoms with Crippen molar-refractivity contribution in [1.29, 1.82) is 0 Å². The molecular formula is C15H17ClN4O2S. The summed E-state index contributed by atoms with van der Waals surface area (Å²) in [5.74, 6) is 0.554. The van der Waals surface area contributed by atoms with Crippen molar-refractivity contribution >= 4 is 21.6 Å². The molecule has 2 aliphatic rings. The Bertz CT molecular complexity index is 854. The zero-order valence-electron chi connectivity index (χ0n) is 12.7. The molecule has 2 heterocycles. The normalized spacial score (nSPS) is 19.7. The van der Waals surface area contributed by atoms with Crippen LogP contribution in [-0.2, 0) is 10.0 Å². The van der Waals surface area contributed by atoms with E-state index in [4.69, 9.17) is 11.6 Å². The Morgan fingerprint density at radius 1 is 1.26 bits per heavy atom. The molecule has 2 aromatic rings. The third-order valence-corrected chi connectivity index (χ3v) is 6.74. The molecule has 23 heavy (non-hydrogen) atoms. The lowest BCUT2D eigenvalue weighted by Crippen LogP contribution is -2.50. The van der Waals surface area contributed by atoms with Crippen LogP contribution in [0.4, 0.5) is 0 Å². The molecule has 2 fully saturated rings. The van der Waals surface area contributed by atoms with Gasteiger partial charge in [0.05, 0.1) is 16.6 Å². The van der Waals surface area contributed by atoms with Crippen LogP contribution in [-0.4, -0.2) is 40.8 Å². The average molecular weight is 353 g/mol. The molecule has 1 aliphatic heterocycles. The van der Waals surface area contributed by atoms with E-state index in [1.807, 2.05) is 13.1 Å². The Morgan fingerprint density at radius 3 is 2.65 bits per heavy atom. The predicted octanol–water partition coefficient (Wildman–Crippen LogP) is 2.36. The van der Waals surface area contributed by atoms with Crippen LogP contribution in [0.3, 0.4) is 0 Å². The topological polar surface area (TPSA) is 68.1 Å². The van der Waals surface area contributed by atoms with Gasteiger partial charge in [0.25, 0.3) is 0 Å². The first-order valence-corrected chi connectivity index (χ1v) is 9.45. The van der Waals surface area contributed by atoms with Gasteiger partial charge in [-0.3, -0.25) is 0 Å². The van der Waals surface area contributed by atoms with E-state index in [0.29, 0.717) is 24.0 Å². The molecule has 0 radical (unpaired) electrons. The van der Waals surface area contributed by atoms with Crippen molar-refractivity contribution in [3.05, 3.63) is 40.7 Å². The average Bonchev–Trinajstić information content (AvgIpc) is 3.20. The molecule has 1 aromatic carbocycles. The van der Waals surface area contributed by atoms with Gasteiger partial charge >= 0.3 is 0 Å². The summed E-state index contributed by atoms with van der Waals surface area (Å²) < 4.78 is 28.4. The zero-order chi connectivity index (χ0) is 16.2. The first-order valence-electron chi connectivity index (χ1n) is 7.63. The van der Waals surface area contributed by atoms with Crippen LogP contribution in [0.2, 0.25) is 5.02 Å². The molecule has 0 bridgehead atoms. The molecule has 6 nitrogen and oxygen atoms in total. The highest BCUT2D eigenvalue weighted by Gasteiger charge is 2.39. The second kappa shape index (κ2) is 5.29. The molecule has 8 heteroatoms. The molecule has 1 saturated carbocycles. The number of benzene rings is 1. The van der Waals surface area contributed by atoms with Crippen molar-refractivity contribution < 1.29 is 8.42 Å². The van der Waals surface area contributed by atoms with E-state index in [9.17, 15) is 8.42 Å². The lowest BCUT2D eigenvalue weighted by Gasteiger charge is -2.37. The number of sulfonamides is 1. The van der Waals surface area contributed by atoms with Crippen molar-refractivity contribution in [3.8, 4) is 0 Å². The highest BCUT2D eigenvalue weighted by molar-refractivity contribution is 7.89. The van der Waals surface area contributed by atoms with E-state index in [2.05, 4.69) is 10.3 Å². The number of hydrogen-bond donors (Lipinski definition) is 0. The van der Waals surface area contributed by atoms with E-state index in [0.717, 1.165) is 11.3 Å². The maximum absolute atomic E-state index is 12.6. The van der Waals surface area contributed by atoms with Crippen molar-refractivity contribution in [2.24, 2.45) is 0 Å². The minimum Gasteiger partial charge on any atom is -0.247 e. The Kier molecular flexibility index (Phi) is 3.48. The lowest BCUT2D eigenvalue weighted by atomic mass is 10.2. The van der Waals surface area contributed by atoms with Crippen molar-refractivity contribution in [1.82, 2.24) is 19.3 Å². The zero-order valence-corrected chi connectivity index (χ0v) is 14.3. The van der Waals surface area contributed by atoms with Gasteiger partial charge in [-0.25, -0.2) is 13.1 Å². The maximum Gasteiger partial charge on any atom is 0.243 e. The molecule has 1 saturated heterocycles. The van der Waals surface area contributed by atoms with Gasteiger partial charge in [-0.15, -0.1) is 5.10 Å². The molecule has 0 N–H and O–H groups in total. The molecule has 0 amide bonds. The van der Waals surface area contributed by atoms with E-state index >= 15 is 0 Å². The van der Waals surface area contributed by atoms with Gasteiger partial charge in [-0.1, -0.05) is 22.9 Å². The maximum atomic E-state index is 12.6. The second-order valence-corrected chi connectivity index (χ2v) is 8.63. The minimum absolute atomic E-state index is 0.0608. The van der Waals surface area contributed by atoms with E-state index in [1.54, 1.807) is 16.8 Å². The molecular weight excluding hydrogens is 336 g/mol. The SMILES string of the molecule is Cc1ccc(S(=O)(=O)N2CC(n3cc(C4CC4)nn3)C2)cc1Cl. The van der Waals surface area contributed by atoms with E-state index < -0.39 is 10.0 Å². The van der Waals surface area contributed by atoms with Crippen molar-refractivity contribution in [2.75, 3.05) is 13.1 Å². The fourth-order valence-corrected chi connectivity index (χ4v) is 4.49. The highest BCUT2D eigenvalue weighted by atomic mass is 35.5. The molecule has 0 unspecified atom stereocenters. The van der Waals surface area contributed by atoms with Crippen LogP contribution >= 0.6 is 11.6 Å². The number of hydrogen-bond acceptors (Lipinski definition) is 4. The van der Waals surface area contributed by atoms with Gasteiger partial charge in [-0.2, -0.15) is 4.31 Å². The van der Waals surface area contributed by atoms with Gasteiger partial charge in [0.2, 0.25) is 10.0 Å². The molecule has 0 spiro atoms. The largest absolute Gasteiger partial charge is 0.247 e. The number of halogens is 1. The van der Waals surface area contributed by atoms with Crippen molar-refractivity contribution in [3.63, 3.8) is 0 Å². The van der Waals surface area contributed by atoms with Gasteiger partial charge in [-0.05, 0) is 37.5 Å². The third kappa shape index (κ3) is 2.66. The second-order valence-electron chi connectivity index (χ2n) is 6.28. The quantitative estimate of drug-likeness (QED) is 0.847. The van der Waals surface area contributed by atoms with Crippen LogP contribution in [0.25, 0.3) is 0 Å². The van der Waals surface area contributed by atoms with Crippen LogP contribution < -0.4 is 0 Å². The van der Waals surface area contributed by atoms with Crippen LogP contribution in [0.15, 0.2) is 29.3 Å². The number of aryl methyl sites for hydroxylation is 1. The Hall–Kier alpha value is -1.44. The Labute approximate surface area is 140 Å². The van der Waals surface area contributed by atoms with Gasteiger partial charge in [0.15, 0.2) is 0 Å². The van der Waals surface area contributed by atoms with Gasteiger partial charge in [0.1, 0.15) is 0 Å². The molecule has 1 aromatic heterocycles. The molecule has 4 rings (SSSR count). The first-order chi connectivity index (χ1) is 10.9. The van der Waals surface area contributed by atoms with Crippen LogP contribution in [0.5, 0.6) is 0 Å². The summed E-state index contributed by atoms with van der Waals surface area (Å²) >= 11 is 6.04. The first kappa shape index (κ1) is 15.1. The smallest absolute Gasteiger partial charge is 0.243 e. The van der Waals surface area contributed by atoms with Crippen molar-refractivity contribution in [2.45, 2.75) is 36.6 Å². The Morgan fingerprint density at radius 2 is 2.00 bits per heavy atom. The number of aromatic nitrogens is 3. The monoisotopic (exact) mass is 352 g/mol. The van der Waals surface area contributed by atoms with Gasteiger partial charge < -0.3 is 0 Å². The summed E-state index contributed by atoms with van der Waals surface area (Å²) in [6.07, 6.45) is 4.31. The summed E-state index contributed by atoms with van der Waals surface area (Å²) in [7, 11) is -3.49. The van der Waals surface area contributed by atoms with E-state index in [1.165, 1.54) is 23.2 Å². The number of nitrogens with zero attached hydrogens (tertiary/aromatic N) is 4.